The third-order valence-electron chi connectivity index (χ3n) is 1.63. The van der Waals surface area contributed by atoms with Gasteiger partial charge in [0.25, 0.3) is 0 Å². The molecule has 0 atom stereocenters. The van der Waals surface area contributed by atoms with Gasteiger partial charge in [0, 0.05) is 5.69 Å². The van der Waals surface area contributed by atoms with Gasteiger partial charge in [-0.25, -0.2) is 0 Å². The van der Waals surface area contributed by atoms with Gasteiger partial charge in [0.15, 0.2) is 0 Å². The predicted molar refractivity (Wildman–Crippen MR) is 47.4 cm³/mol. The van der Waals surface area contributed by atoms with Gasteiger partial charge in [-0.05, 0) is 18.2 Å². The van der Waals surface area contributed by atoms with E-state index in [4.69, 9.17) is 5.73 Å². The minimum Gasteiger partial charge on any atom is -0.506 e. The number of hydrogen-bond donors (Lipinski definition) is 2. The number of hydrogen-bond acceptors (Lipinski definition) is 4. The molecule has 1 aromatic heterocycles. The van der Waals surface area contributed by atoms with E-state index in [-0.39, 0.29) is 5.75 Å². The molecule has 0 aliphatic rings. The van der Waals surface area contributed by atoms with Crippen LogP contribution in [0, 0.1) is 0 Å². The molecule has 13 heavy (non-hydrogen) atoms. The van der Waals surface area contributed by atoms with Crippen molar-refractivity contribution in [3.8, 4) is 11.4 Å². The lowest BCUT2D eigenvalue weighted by atomic mass is 10.2. The molecular weight excluding hydrogens is 168 g/mol. The van der Waals surface area contributed by atoms with E-state index in [1.807, 2.05) is 0 Å². The maximum atomic E-state index is 9.45. The van der Waals surface area contributed by atoms with E-state index in [1.165, 1.54) is 23.3 Å². The van der Waals surface area contributed by atoms with Crippen LogP contribution in [0.4, 0.5) is 5.69 Å². The Bertz CT molecular complexity index is 410. The first-order valence-corrected chi connectivity index (χ1v) is 3.72. The molecule has 0 aliphatic carbocycles. The van der Waals surface area contributed by atoms with Gasteiger partial charge in [-0.1, -0.05) is 0 Å². The van der Waals surface area contributed by atoms with E-state index in [9.17, 15) is 5.11 Å². The summed E-state index contributed by atoms with van der Waals surface area (Å²) in [7, 11) is 0. The van der Waals surface area contributed by atoms with Crippen LogP contribution in [-0.4, -0.2) is 20.1 Å². The molecular formula is C8H8N4O. The van der Waals surface area contributed by atoms with E-state index in [1.54, 1.807) is 12.1 Å². The number of nitrogen functional groups attached to an aromatic ring is 1. The van der Waals surface area contributed by atoms with Crippen molar-refractivity contribution >= 4 is 5.69 Å². The normalized spacial score (nSPS) is 10.2. The number of nitrogens with two attached hydrogens (primary N) is 1. The van der Waals surface area contributed by atoms with Gasteiger partial charge in [-0.3, -0.25) is 0 Å². The van der Waals surface area contributed by atoms with E-state index in [0.29, 0.717) is 11.4 Å². The first kappa shape index (κ1) is 7.60. The fraction of sp³-hybridized carbons (Fsp3) is 0. The van der Waals surface area contributed by atoms with E-state index >= 15 is 0 Å². The van der Waals surface area contributed by atoms with Crippen LogP contribution in [0.2, 0.25) is 0 Å². The summed E-state index contributed by atoms with van der Waals surface area (Å²) in [5.41, 5.74) is 6.59. The Hall–Kier alpha value is -2.04. The van der Waals surface area contributed by atoms with Gasteiger partial charge in [0.2, 0.25) is 0 Å². The molecule has 0 radical (unpaired) electrons. The Labute approximate surface area is 74.4 Å². The number of phenolic OH excluding ortho intramolecular Hbond substituents is 1. The zero-order valence-electron chi connectivity index (χ0n) is 6.75. The molecule has 0 bridgehead atoms. The third-order valence-corrected chi connectivity index (χ3v) is 1.63. The molecule has 1 heterocycles. The first-order valence-electron chi connectivity index (χ1n) is 3.72. The van der Waals surface area contributed by atoms with Crippen molar-refractivity contribution in [2.24, 2.45) is 0 Å². The van der Waals surface area contributed by atoms with Crippen LogP contribution in [0.15, 0.2) is 30.6 Å². The fourth-order valence-electron chi connectivity index (χ4n) is 1.04. The van der Waals surface area contributed by atoms with Crippen LogP contribution in [-0.2, 0) is 0 Å². The molecule has 1 aromatic carbocycles. The van der Waals surface area contributed by atoms with Gasteiger partial charge in [-0.2, -0.15) is 10.2 Å². The average Bonchev–Trinajstić information content (AvgIpc) is 2.61. The van der Waals surface area contributed by atoms with Crippen molar-refractivity contribution in [2.45, 2.75) is 0 Å². The number of benzene rings is 1. The number of aromatic hydroxyl groups is 1. The van der Waals surface area contributed by atoms with Crippen molar-refractivity contribution in [3.05, 3.63) is 30.6 Å². The lowest BCUT2D eigenvalue weighted by molar-refractivity contribution is 0.467. The van der Waals surface area contributed by atoms with Gasteiger partial charge >= 0.3 is 0 Å². The molecule has 2 rings (SSSR count). The maximum Gasteiger partial charge on any atom is 0.143 e. The quantitative estimate of drug-likeness (QED) is 0.491. The van der Waals surface area contributed by atoms with E-state index in [2.05, 4.69) is 10.2 Å². The van der Waals surface area contributed by atoms with Gasteiger partial charge in [0.1, 0.15) is 11.4 Å². The number of rotatable bonds is 1. The molecule has 0 fully saturated rings. The maximum absolute atomic E-state index is 9.45. The standard InChI is InChI=1S/C8H8N4O/c9-6-1-2-8(13)7(5-6)12-10-3-4-11-12/h1-5,13H,9H2. The Morgan fingerprint density at radius 1 is 1.23 bits per heavy atom. The molecule has 66 valence electrons. The fourth-order valence-corrected chi connectivity index (χ4v) is 1.04. The predicted octanol–water partition coefficient (Wildman–Crippen LogP) is 0.555. The van der Waals surface area contributed by atoms with E-state index < -0.39 is 0 Å². The molecule has 0 aliphatic heterocycles. The number of aromatic nitrogens is 3. The monoisotopic (exact) mass is 176 g/mol. The summed E-state index contributed by atoms with van der Waals surface area (Å²) < 4.78 is 0. The minimum atomic E-state index is 0.102. The summed E-state index contributed by atoms with van der Waals surface area (Å²) in [6.45, 7) is 0. The second kappa shape index (κ2) is 2.78. The molecule has 5 heteroatoms. The summed E-state index contributed by atoms with van der Waals surface area (Å²) in [4.78, 5) is 1.31. The zero-order chi connectivity index (χ0) is 9.26. The summed E-state index contributed by atoms with van der Waals surface area (Å²) in [5.74, 6) is 0.102. The summed E-state index contributed by atoms with van der Waals surface area (Å²) >= 11 is 0. The highest BCUT2D eigenvalue weighted by atomic mass is 16.3. The van der Waals surface area contributed by atoms with Crippen molar-refractivity contribution in [3.63, 3.8) is 0 Å². The molecule has 2 aromatic rings. The largest absolute Gasteiger partial charge is 0.506 e. The summed E-state index contributed by atoms with van der Waals surface area (Å²) in [6, 6.07) is 4.73. The second-order valence-corrected chi connectivity index (χ2v) is 2.57. The Balaban J connectivity index is 2.57. The Kier molecular flexibility index (Phi) is 1.63. The van der Waals surface area contributed by atoms with E-state index in [0.717, 1.165) is 0 Å². The summed E-state index contributed by atoms with van der Waals surface area (Å²) in [6.07, 6.45) is 3.06. The topological polar surface area (TPSA) is 77.0 Å². The molecule has 0 amide bonds. The van der Waals surface area contributed by atoms with Gasteiger partial charge in [-0.15, -0.1) is 4.80 Å². The highest BCUT2D eigenvalue weighted by Crippen LogP contribution is 2.21. The smallest absolute Gasteiger partial charge is 0.143 e. The van der Waals surface area contributed by atoms with Crippen LogP contribution in [0.25, 0.3) is 5.69 Å². The second-order valence-electron chi connectivity index (χ2n) is 2.57. The number of anilines is 1. The lowest BCUT2D eigenvalue weighted by Crippen LogP contribution is -1.99. The highest BCUT2D eigenvalue weighted by molar-refractivity contribution is 5.54. The van der Waals surface area contributed by atoms with Crippen molar-refractivity contribution < 1.29 is 5.11 Å². The molecule has 5 nitrogen and oxygen atoms in total. The van der Waals surface area contributed by atoms with Crippen molar-refractivity contribution in [2.75, 3.05) is 5.73 Å². The minimum absolute atomic E-state index is 0.102. The average molecular weight is 176 g/mol. The molecule has 0 saturated carbocycles. The van der Waals surface area contributed by atoms with Crippen LogP contribution >= 0.6 is 0 Å². The summed E-state index contributed by atoms with van der Waals surface area (Å²) in [5, 5.41) is 17.2. The van der Waals surface area contributed by atoms with Crippen LogP contribution in [0.5, 0.6) is 5.75 Å². The number of phenols is 1. The highest BCUT2D eigenvalue weighted by Gasteiger charge is 2.04. The SMILES string of the molecule is Nc1ccc(O)c(-n2nccn2)c1. The number of nitrogens with zero attached hydrogens (tertiary/aromatic N) is 3. The molecule has 0 spiro atoms. The van der Waals surface area contributed by atoms with Gasteiger partial charge in [0.05, 0.1) is 12.4 Å². The van der Waals surface area contributed by atoms with Crippen LogP contribution < -0.4 is 5.73 Å². The molecule has 0 unspecified atom stereocenters. The molecule has 3 N–H and O–H groups in total. The zero-order valence-corrected chi connectivity index (χ0v) is 6.75. The van der Waals surface area contributed by atoms with Gasteiger partial charge < -0.3 is 10.8 Å². The first-order chi connectivity index (χ1) is 6.27. The van der Waals surface area contributed by atoms with Crippen LogP contribution in [0.1, 0.15) is 0 Å². The Morgan fingerprint density at radius 3 is 2.62 bits per heavy atom. The van der Waals surface area contributed by atoms with Crippen molar-refractivity contribution in [1.29, 1.82) is 0 Å². The van der Waals surface area contributed by atoms with Crippen molar-refractivity contribution in [1.82, 2.24) is 15.0 Å². The van der Waals surface area contributed by atoms with Crippen LogP contribution in [0.3, 0.4) is 0 Å². The Morgan fingerprint density at radius 2 is 1.92 bits per heavy atom. The third kappa shape index (κ3) is 1.31. The molecule has 0 saturated heterocycles. The lowest BCUT2D eigenvalue weighted by Gasteiger charge is -2.03.